The van der Waals surface area contributed by atoms with Crippen molar-refractivity contribution in [1.29, 1.82) is 0 Å². The van der Waals surface area contributed by atoms with Crippen LogP contribution in [0.25, 0.3) is 0 Å². The lowest BCUT2D eigenvalue weighted by atomic mass is 10.0. The molecule has 2 atom stereocenters. The van der Waals surface area contributed by atoms with Crippen LogP contribution in [0.15, 0.2) is 30.3 Å². The van der Waals surface area contributed by atoms with Crippen LogP contribution in [0.4, 0.5) is 0 Å². The lowest BCUT2D eigenvalue weighted by Crippen LogP contribution is -2.57. The number of rotatable bonds is 23. The number of amides is 2. The number of ether oxygens (including phenoxy) is 1. The van der Waals surface area contributed by atoms with E-state index in [1.807, 2.05) is 0 Å². The van der Waals surface area contributed by atoms with Gasteiger partial charge in [0.1, 0.15) is 5.54 Å². The fourth-order valence-corrected chi connectivity index (χ4v) is 42.4. The zero-order chi connectivity index (χ0) is 48.0. The second-order valence-corrected chi connectivity index (χ2v) is 54.2. The molecular weight excluding hydrogens is 993 g/mol. The lowest BCUT2D eigenvalue weighted by molar-refractivity contribution is -0.137. The SMILES string of the molecule is C.C.C.C.C.C.C.C.C=CC(=O)NC(C)(C)C(=O)NCCC[Si](C)(O[Si](C)(C)C)O[Si](C)(C)O[Si](C)(C)C.C=CC1=NC(C)(C)C(=O)O1.C[Si](C)(C)O[Si](C)(C)O[Si](C)(CCCN)O[Si](C)(C)C. The van der Waals surface area contributed by atoms with Crippen molar-refractivity contribution in [2.24, 2.45) is 10.7 Å². The number of esters is 1. The smallest absolute Gasteiger partial charge is 0.340 e. The third kappa shape index (κ3) is 43.8. The molecule has 1 heterocycles. The van der Waals surface area contributed by atoms with Gasteiger partial charge in [0.05, 0.1) is 0 Å². The van der Waals surface area contributed by atoms with E-state index in [0.717, 1.165) is 31.0 Å². The lowest BCUT2D eigenvalue weighted by Gasteiger charge is -2.41. The minimum atomic E-state index is -2.48. The third-order valence-corrected chi connectivity index (χ3v) is 34.5. The first kappa shape index (κ1) is 89.8. The highest BCUT2D eigenvalue weighted by molar-refractivity contribution is 6.90. The molecule has 1 aliphatic rings. The molecule has 2 amide bonds. The van der Waals surface area contributed by atoms with E-state index in [1.165, 1.54) is 6.08 Å². The Bertz CT molecular complexity index is 1460. The number of cyclic esters (lactones) is 1. The summed E-state index contributed by atoms with van der Waals surface area (Å²) in [6.07, 6.45) is 4.28. The summed E-state index contributed by atoms with van der Waals surface area (Å²) in [5.41, 5.74) is 3.95. The molecule has 0 radical (unpaired) electrons. The van der Waals surface area contributed by atoms with Crippen molar-refractivity contribution in [3.05, 3.63) is 25.3 Å². The first-order valence-corrected chi connectivity index (χ1v) is 45.3. The standard InChI is InChI=1S/C19H44N2O5Si4.C12H35NO3Si4.C7H9NO2.8CH4/c1-13-17(22)21-19(2,3)18(23)20-15-14-16-30(12,25-28(7,8)9)26-29(10,11)24-27(4,5)6;1-17(2,3)14-19(7,8)16-20(9,12-10-11-13)15-18(4,5)6;1-4-5-8-7(2,3)6(9)10-5;;;;;;;;/h13H,1,14-16H2,2-12H3,(H,20,23)(H,21,22);10-13H2,1-9H3;4H,1H2,2-3H3;8*1H4. The summed E-state index contributed by atoms with van der Waals surface area (Å²) in [5.74, 6) is -0.607. The normalized spacial score (nSPS) is 15.0. The largest absolute Gasteiger partial charge is 0.437 e. The molecule has 0 aromatic heterocycles. The first-order chi connectivity index (χ1) is 26.4. The molecule has 0 aliphatic carbocycles. The molecule has 0 fully saturated rings. The Morgan fingerprint density at radius 3 is 1.22 bits per heavy atom. The van der Waals surface area contributed by atoms with Crippen LogP contribution in [0.2, 0.25) is 130 Å². The predicted octanol–water partition coefficient (Wildman–Crippen LogP) is 13.9. The van der Waals surface area contributed by atoms with Gasteiger partial charge in [0, 0.05) is 6.54 Å². The maximum Gasteiger partial charge on any atom is 0.340 e. The molecule has 0 saturated heterocycles. The van der Waals surface area contributed by atoms with Gasteiger partial charge in [-0.3, -0.25) is 9.59 Å². The third-order valence-electron chi connectivity index (χ3n) is 7.45. The number of nitrogens with one attached hydrogen (secondary N) is 2. The summed E-state index contributed by atoms with van der Waals surface area (Å²) in [5, 5.41) is 5.55. The van der Waals surface area contributed by atoms with Gasteiger partial charge in [0.15, 0.2) is 38.8 Å². The first-order valence-electron chi connectivity index (χ1n) is 21.0. The summed E-state index contributed by atoms with van der Waals surface area (Å²) in [6, 6.07) is 1.72. The summed E-state index contributed by atoms with van der Waals surface area (Å²) in [6.45, 7) is 53.9. The Balaban J connectivity index is -0.0000000965. The van der Waals surface area contributed by atoms with Crippen molar-refractivity contribution in [2.75, 3.05) is 13.1 Å². The number of nitrogens with zero attached hydrogens (tertiary/aromatic N) is 1. The minimum Gasteiger partial charge on any atom is -0.437 e. The van der Waals surface area contributed by atoms with Crippen molar-refractivity contribution in [1.82, 2.24) is 10.6 Å². The van der Waals surface area contributed by atoms with Gasteiger partial charge < -0.3 is 45.8 Å². The van der Waals surface area contributed by atoms with Gasteiger partial charge in [-0.1, -0.05) is 72.6 Å². The molecular formula is C46H120N4O10Si8. The Kier molecular flexibility index (Phi) is 46.5. The minimum absolute atomic E-state index is 0. The Morgan fingerprint density at radius 2 is 0.971 bits per heavy atom. The summed E-state index contributed by atoms with van der Waals surface area (Å²) >= 11 is 0. The molecule has 2 unspecified atom stereocenters. The molecule has 0 spiro atoms. The van der Waals surface area contributed by atoms with Crippen molar-refractivity contribution in [3.63, 3.8) is 0 Å². The summed E-state index contributed by atoms with van der Waals surface area (Å²) in [7, 11) is -15.9. The Labute approximate surface area is 433 Å². The van der Waals surface area contributed by atoms with E-state index < -0.39 is 78.6 Å². The van der Waals surface area contributed by atoms with Crippen LogP contribution in [0.5, 0.6) is 0 Å². The molecule has 22 heteroatoms. The molecule has 0 saturated carbocycles. The van der Waals surface area contributed by atoms with Crippen LogP contribution in [0, 0.1) is 0 Å². The van der Waals surface area contributed by atoms with E-state index in [-0.39, 0.29) is 77.2 Å². The van der Waals surface area contributed by atoms with E-state index in [2.05, 4.69) is 147 Å². The molecule has 0 bridgehead atoms. The van der Waals surface area contributed by atoms with Gasteiger partial charge in [-0.05, 0) is 189 Å². The van der Waals surface area contributed by atoms with Crippen LogP contribution in [-0.4, -0.2) is 115 Å². The Hall–Kier alpha value is -0.985. The molecule has 4 N–H and O–H groups in total. The van der Waals surface area contributed by atoms with Gasteiger partial charge in [-0.15, -0.1) is 0 Å². The number of carbonyl (C=O) groups excluding carboxylic acids is 3. The molecule has 68 heavy (non-hydrogen) atoms. The highest BCUT2D eigenvalue weighted by Gasteiger charge is 2.45. The van der Waals surface area contributed by atoms with Crippen LogP contribution in [-0.2, 0) is 43.8 Å². The van der Waals surface area contributed by atoms with Gasteiger partial charge in [-0.25, -0.2) is 9.79 Å². The van der Waals surface area contributed by atoms with Crippen LogP contribution in [0.3, 0.4) is 0 Å². The van der Waals surface area contributed by atoms with E-state index in [9.17, 15) is 14.4 Å². The van der Waals surface area contributed by atoms with E-state index in [0.29, 0.717) is 19.0 Å². The maximum atomic E-state index is 12.4. The van der Waals surface area contributed by atoms with Crippen molar-refractivity contribution >= 4 is 91.2 Å². The van der Waals surface area contributed by atoms with Crippen molar-refractivity contribution in [3.8, 4) is 0 Å². The second kappa shape index (κ2) is 35.2. The fourth-order valence-electron chi connectivity index (χ4n) is 6.42. The van der Waals surface area contributed by atoms with Crippen LogP contribution in [0.1, 0.15) is 99.9 Å². The Morgan fingerprint density at radius 1 is 0.632 bits per heavy atom. The highest BCUT2D eigenvalue weighted by Crippen LogP contribution is 2.29. The monoisotopic (exact) mass is 1110 g/mol. The van der Waals surface area contributed by atoms with Crippen LogP contribution < -0.4 is 16.4 Å². The predicted molar refractivity (Wildman–Crippen MR) is 323 cm³/mol. The van der Waals surface area contributed by atoms with E-state index in [4.69, 9.17) is 35.2 Å². The fraction of sp³-hybridized carbons (Fsp3) is 0.826. The van der Waals surface area contributed by atoms with Crippen molar-refractivity contribution < 1.29 is 43.8 Å². The molecule has 1 rings (SSSR count). The zero-order valence-electron chi connectivity index (χ0n) is 41.9. The quantitative estimate of drug-likeness (QED) is 0.0384. The number of hydrogen-bond donors (Lipinski definition) is 3. The second-order valence-electron chi connectivity index (χ2n) is 21.3. The summed E-state index contributed by atoms with van der Waals surface area (Å²) in [4.78, 5) is 38.8. The molecule has 0 aromatic carbocycles. The van der Waals surface area contributed by atoms with E-state index in [1.54, 1.807) is 27.7 Å². The van der Waals surface area contributed by atoms with Gasteiger partial charge in [0.25, 0.3) is 0 Å². The van der Waals surface area contributed by atoms with Gasteiger partial charge in [-0.2, -0.15) is 0 Å². The molecule has 416 valence electrons. The van der Waals surface area contributed by atoms with Crippen molar-refractivity contribution in [2.45, 2.75) is 241 Å². The molecule has 1 aliphatic heterocycles. The average Bonchev–Trinajstić information content (AvgIpc) is 3.24. The average molecular weight is 1110 g/mol. The number of aliphatic imine (C=N–C) groups is 1. The molecule has 14 nitrogen and oxygen atoms in total. The highest BCUT2D eigenvalue weighted by atomic mass is 28.5. The number of hydrogen-bond acceptors (Lipinski definition) is 12. The van der Waals surface area contributed by atoms with Gasteiger partial charge >= 0.3 is 40.2 Å². The molecule has 0 aromatic rings. The maximum absolute atomic E-state index is 12.4. The summed E-state index contributed by atoms with van der Waals surface area (Å²) < 4.78 is 43.6. The van der Waals surface area contributed by atoms with E-state index >= 15 is 0 Å². The van der Waals surface area contributed by atoms with Gasteiger partial charge in [0.2, 0.25) is 17.7 Å². The zero-order valence-corrected chi connectivity index (χ0v) is 49.9. The number of nitrogens with two attached hydrogens (primary N) is 1. The number of carbonyl (C=O) groups is 3. The van der Waals surface area contributed by atoms with Crippen LogP contribution >= 0.6 is 0 Å². The topological polar surface area (TPSA) is 178 Å².